The number of piperidine rings is 1. The van der Waals surface area contributed by atoms with Gasteiger partial charge in [0.05, 0.1) is 5.52 Å². The molecule has 2 saturated heterocycles. The first-order valence-corrected chi connectivity index (χ1v) is 12.1. The van der Waals surface area contributed by atoms with Gasteiger partial charge in [0.2, 0.25) is 11.8 Å². The standard InChI is InChI=1S/C26H36N4O2.2ClH/c1-4-5-12-30-24(31)23(15-19(2)3)28-25(32)26(30)10-13-29(14-11-26)18-20-16-21-8-6-7-9-22(21)27-17-20;;/h6-9,16-17,19,23H,4-5,10-15,18H2,1-3H3,(H,28,32);2*1H. The minimum Gasteiger partial charge on any atom is -0.342 e. The van der Waals surface area contributed by atoms with E-state index in [9.17, 15) is 9.59 Å². The molecule has 0 radical (unpaired) electrons. The molecular weight excluding hydrogens is 471 g/mol. The van der Waals surface area contributed by atoms with E-state index >= 15 is 0 Å². The molecule has 2 aliphatic rings. The van der Waals surface area contributed by atoms with E-state index in [1.54, 1.807) is 0 Å². The number of aromatic nitrogens is 1. The number of pyridine rings is 1. The highest BCUT2D eigenvalue weighted by Gasteiger charge is 2.53. The van der Waals surface area contributed by atoms with Gasteiger partial charge in [-0.05, 0) is 49.3 Å². The number of hydrogen-bond acceptors (Lipinski definition) is 4. The van der Waals surface area contributed by atoms with Crippen molar-refractivity contribution in [2.24, 2.45) is 5.92 Å². The number of piperazine rings is 1. The minimum absolute atomic E-state index is 0. The van der Waals surface area contributed by atoms with E-state index in [0.29, 0.717) is 31.7 Å². The molecule has 3 heterocycles. The minimum atomic E-state index is -0.697. The number of unbranched alkanes of at least 4 members (excludes halogenated alkanes) is 1. The van der Waals surface area contributed by atoms with Gasteiger partial charge in [0, 0.05) is 37.8 Å². The van der Waals surface area contributed by atoms with Crippen molar-refractivity contribution in [3.63, 3.8) is 0 Å². The second-order valence-electron chi connectivity index (χ2n) is 9.84. The number of likely N-dealkylation sites (tertiary alicyclic amines) is 1. The van der Waals surface area contributed by atoms with Crippen LogP contribution in [-0.2, 0) is 16.1 Å². The highest BCUT2D eigenvalue weighted by molar-refractivity contribution is 6.00. The number of nitrogens with one attached hydrogen (secondary N) is 1. The van der Waals surface area contributed by atoms with Crippen molar-refractivity contribution < 1.29 is 9.59 Å². The van der Waals surface area contributed by atoms with Gasteiger partial charge in [0.1, 0.15) is 11.6 Å². The van der Waals surface area contributed by atoms with Gasteiger partial charge in [-0.3, -0.25) is 19.5 Å². The Bertz CT molecular complexity index is 976. The van der Waals surface area contributed by atoms with E-state index in [-0.39, 0.29) is 42.7 Å². The summed E-state index contributed by atoms with van der Waals surface area (Å²) in [5.41, 5.74) is 1.50. The number of hydrogen-bond donors (Lipinski definition) is 1. The van der Waals surface area contributed by atoms with E-state index in [1.165, 1.54) is 5.56 Å². The SMILES string of the molecule is CCCCN1C(=O)C(CC(C)C)NC(=O)C12CCN(Cc1cnc3ccccc3c1)CC2.Cl.Cl. The van der Waals surface area contributed by atoms with Crippen LogP contribution in [0, 0.1) is 5.92 Å². The van der Waals surface area contributed by atoms with Gasteiger partial charge in [-0.1, -0.05) is 45.4 Å². The molecular formula is C26H38Cl2N4O2. The van der Waals surface area contributed by atoms with Gasteiger partial charge < -0.3 is 10.2 Å². The molecule has 2 fully saturated rings. The molecule has 2 aromatic rings. The summed E-state index contributed by atoms with van der Waals surface area (Å²) >= 11 is 0. The van der Waals surface area contributed by atoms with Gasteiger partial charge in [-0.15, -0.1) is 24.8 Å². The molecule has 0 aliphatic carbocycles. The number of para-hydroxylation sites is 1. The summed E-state index contributed by atoms with van der Waals surface area (Å²) < 4.78 is 0. The predicted octanol–water partition coefficient (Wildman–Crippen LogP) is 4.59. The highest BCUT2D eigenvalue weighted by Crippen LogP contribution is 2.34. The van der Waals surface area contributed by atoms with E-state index < -0.39 is 5.54 Å². The van der Waals surface area contributed by atoms with Crippen molar-refractivity contribution in [2.75, 3.05) is 19.6 Å². The fraction of sp³-hybridized carbons (Fsp3) is 0.577. The maximum atomic E-state index is 13.4. The van der Waals surface area contributed by atoms with Crippen molar-refractivity contribution in [3.05, 3.63) is 42.1 Å². The molecule has 8 heteroatoms. The number of amides is 2. The Morgan fingerprint density at radius 3 is 2.53 bits per heavy atom. The summed E-state index contributed by atoms with van der Waals surface area (Å²) in [6.45, 7) is 9.41. The predicted molar refractivity (Wildman–Crippen MR) is 141 cm³/mol. The maximum Gasteiger partial charge on any atom is 0.246 e. The van der Waals surface area contributed by atoms with Crippen molar-refractivity contribution >= 4 is 47.5 Å². The number of carbonyl (C=O) groups excluding carboxylic acids is 2. The number of rotatable bonds is 7. The zero-order valence-corrected chi connectivity index (χ0v) is 22.1. The van der Waals surface area contributed by atoms with Crippen LogP contribution in [-0.4, -0.2) is 57.8 Å². The Hall–Kier alpha value is -1.89. The maximum absolute atomic E-state index is 13.4. The first kappa shape index (κ1) is 28.3. The van der Waals surface area contributed by atoms with Crippen LogP contribution in [0.25, 0.3) is 10.9 Å². The number of benzene rings is 1. The third kappa shape index (κ3) is 5.84. The van der Waals surface area contributed by atoms with Gasteiger partial charge in [-0.2, -0.15) is 0 Å². The second kappa shape index (κ2) is 12.2. The molecule has 1 N–H and O–H groups in total. The first-order chi connectivity index (χ1) is 15.4. The van der Waals surface area contributed by atoms with Crippen LogP contribution in [0.1, 0.15) is 58.4 Å². The van der Waals surface area contributed by atoms with Crippen LogP contribution in [0.4, 0.5) is 0 Å². The number of fused-ring (bicyclic) bond motifs is 1. The molecule has 34 heavy (non-hydrogen) atoms. The zero-order valence-electron chi connectivity index (χ0n) is 20.5. The second-order valence-corrected chi connectivity index (χ2v) is 9.84. The summed E-state index contributed by atoms with van der Waals surface area (Å²) in [4.78, 5) is 35.6. The van der Waals surface area contributed by atoms with Crippen LogP contribution < -0.4 is 5.32 Å². The van der Waals surface area contributed by atoms with Crippen molar-refractivity contribution in [1.29, 1.82) is 0 Å². The molecule has 188 valence electrons. The summed E-state index contributed by atoms with van der Waals surface area (Å²) in [5.74, 6) is 0.522. The van der Waals surface area contributed by atoms with Crippen LogP contribution in [0.2, 0.25) is 0 Å². The molecule has 0 bridgehead atoms. The Kier molecular flexibility index (Phi) is 10.2. The lowest BCUT2D eigenvalue weighted by Crippen LogP contribution is -2.73. The molecule has 1 aromatic carbocycles. The summed E-state index contributed by atoms with van der Waals surface area (Å²) in [6, 6.07) is 9.98. The third-order valence-electron chi connectivity index (χ3n) is 6.99. The summed E-state index contributed by atoms with van der Waals surface area (Å²) in [6.07, 6.45) is 5.96. The van der Waals surface area contributed by atoms with Gasteiger partial charge >= 0.3 is 0 Å². The molecule has 1 spiro atoms. The van der Waals surface area contributed by atoms with E-state index in [0.717, 1.165) is 43.4 Å². The Morgan fingerprint density at radius 1 is 1.15 bits per heavy atom. The quantitative estimate of drug-likeness (QED) is 0.593. The van der Waals surface area contributed by atoms with Crippen LogP contribution >= 0.6 is 24.8 Å². The Labute approximate surface area is 215 Å². The van der Waals surface area contributed by atoms with Crippen molar-refractivity contribution in [2.45, 2.75) is 71.0 Å². The lowest BCUT2D eigenvalue weighted by molar-refractivity contribution is -0.161. The molecule has 1 atom stereocenters. The largest absolute Gasteiger partial charge is 0.342 e. The van der Waals surface area contributed by atoms with Crippen molar-refractivity contribution in [3.8, 4) is 0 Å². The molecule has 0 saturated carbocycles. The van der Waals surface area contributed by atoms with E-state index in [2.05, 4.69) is 48.1 Å². The lowest BCUT2D eigenvalue weighted by atomic mass is 9.80. The average molecular weight is 510 g/mol. The average Bonchev–Trinajstić information content (AvgIpc) is 2.78. The molecule has 6 nitrogen and oxygen atoms in total. The van der Waals surface area contributed by atoms with Crippen LogP contribution in [0.5, 0.6) is 0 Å². The smallest absolute Gasteiger partial charge is 0.246 e. The van der Waals surface area contributed by atoms with Gasteiger partial charge in [0.25, 0.3) is 0 Å². The highest BCUT2D eigenvalue weighted by atomic mass is 35.5. The number of carbonyl (C=O) groups is 2. The zero-order chi connectivity index (χ0) is 22.7. The van der Waals surface area contributed by atoms with E-state index in [4.69, 9.17) is 0 Å². The Balaban J connectivity index is 0.00000204. The number of nitrogens with zero attached hydrogens (tertiary/aromatic N) is 3. The van der Waals surface area contributed by atoms with Crippen molar-refractivity contribution in [1.82, 2.24) is 20.1 Å². The van der Waals surface area contributed by atoms with Crippen LogP contribution in [0.3, 0.4) is 0 Å². The normalized spacial score (nSPS) is 20.2. The molecule has 2 aliphatic heterocycles. The third-order valence-corrected chi connectivity index (χ3v) is 6.99. The van der Waals surface area contributed by atoms with Crippen LogP contribution in [0.15, 0.2) is 36.5 Å². The molecule has 1 aromatic heterocycles. The Morgan fingerprint density at radius 2 is 1.85 bits per heavy atom. The van der Waals surface area contributed by atoms with E-state index in [1.807, 2.05) is 29.3 Å². The first-order valence-electron chi connectivity index (χ1n) is 12.1. The molecule has 1 unspecified atom stereocenters. The van der Waals surface area contributed by atoms with Gasteiger partial charge in [-0.25, -0.2) is 0 Å². The summed E-state index contributed by atoms with van der Waals surface area (Å²) in [7, 11) is 0. The summed E-state index contributed by atoms with van der Waals surface area (Å²) in [5, 5.41) is 4.24. The fourth-order valence-corrected chi connectivity index (χ4v) is 5.19. The fourth-order valence-electron chi connectivity index (χ4n) is 5.19. The topological polar surface area (TPSA) is 65.5 Å². The number of halogens is 2. The molecule has 2 amide bonds. The van der Waals surface area contributed by atoms with Gasteiger partial charge in [0.15, 0.2) is 0 Å². The monoisotopic (exact) mass is 508 g/mol. The lowest BCUT2D eigenvalue weighted by Gasteiger charge is -2.52. The molecule has 4 rings (SSSR count).